The summed E-state index contributed by atoms with van der Waals surface area (Å²) in [6.45, 7) is 1.60. The molecule has 3 heterocycles. The molecule has 1 N–H and O–H groups in total. The van der Waals surface area contributed by atoms with E-state index in [9.17, 15) is 9.59 Å². The van der Waals surface area contributed by atoms with Gasteiger partial charge < -0.3 is 18.9 Å². The predicted octanol–water partition coefficient (Wildman–Crippen LogP) is -0.152. The van der Waals surface area contributed by atoms with E-state index in [1.807, 2.05) is 0 Å². The van der Waals surface area contributed by atoms with Crippen LogP contribution in [-0.2, 0) is 18.9 Å². The molecule has 0 spiro atoms. The summed E-state index contributed by atoms with van der Waals surface area (Å²) in [5.41, 5.74) is 7.33. The standard InChI is InChI=1S/C12H15N5O6/c1-12(20-2)22-8-6(5-14-16-13)21-10(9(8)23-12)17-4-3-7(18)15-11(17)19/h3-4,6,8-10H,5H2,1-2H3,(H,15,18,19)/t6-,8-,9-,10-,12?/m1/s1. The van der Waals surface area contributed by atoms with E-state index in [2.05, 4.69) is 15.0 Å². The van der Waals surface area contributed by atoms with E-state index >= 15 is 0 Å². The maximum absolute atomic E-state index is 12.0. The molecular formula is C12H15N5O6. The number of aromatic amines is 1. The van der Waals surface area contributed by atoms with E-state index in [4.69, 9.17) is 24.5 Å². The second-order valence-electron chi connectivity index (χ2n) is 5.23. The number of nitrogens with one attached hydrogen (secondary N) is 1. The number of hydrogen-bond donors (Lipinski definition) is 1. The molecule has 5 atom stereocenters. The van der Waals surface area contributed by atoms with Crippen molar-refractivity contribution >= 4 is 0 Å². The van der Waals surface area contributed by atoms with E-state index in [1.165, 1.54) is 23.9 Å². The van der Waals surface area contributed by atoms with Gasteiger partial charge in [-0.1, -0.05) is 5.11 Å². The summed E-state index contributed by atoms with van der Waals surface area (Å²) >= 11 is 0. The molecule has 1 aromatic heterocycles. The second kappa shape index (κ2) is 5.80. The van der Waals surface area contributed by atoms with Crippen molar-refractivity contribution < 1.29 is 18.9 Å². The lowest BCUT2D eigenvalue weighted by molar-refractivity contribution is -0.335. The molecule has 0 aromatic carbocycles. The Hall–Kier alpha value is -2.17. The normalized spacial score (nSPS) is 35.7. The van der Waals surface area contributed by atoms with Gasteiger partial charge >= 0.3 is 5.69 Å². The maximum Gasteiger partial charge on any atom is 0.330 e. The smallest absolute Gasteiger partial charge is 0.330 e. The highest BCUT2D eigenvalue weighted by atomic mass is 16.9. The molecule has 1 aromatic rings. The molecular weight excluding hydrogens is 310 g/mol. The van der Waals surface area contributed by atoms with Crippen LogP contribution >= 0.6 is 0 Å². The van der Waals surface area contributed by atoms with Crippen LogP contribution in [0.2, 0.25) is 0 Å². The Morgan fingerprint density at radius 2 is 2.22 bits per heavy atom. The van der Waals surface area contributed by atoms with Crippen molar-refractivity contribution in [2.45, 2.75) is 37.4 Å². The number of rotatable bonds is 4. The minimum absolute atomic E-state index is 0.00935. The van der Waals surface area contributed by atoms with Gasteiger partial charge in [0.1, 0.15) is 12.2 Å². The van der Waals surface area contributed by atoms with Crippen LogP contribution in [0.5, 0.6) is 0 Å². The van der Waals surface area contributed by atoms with E-state index in [0.29, 0.717) is 0 Å². The Morgan fingerprint density at radius 3 is 2.87 bits per heavy atom. The van der Waals surface area contributed by atoms with Gasteiger partial charge in [-0.05, 0) is 5.53 Å². The Labute approximate surface area is 129 Å². The molecule has 0 amide bonds. The number of ether oxygens (including phenoxy) is 4. The number of hydrogen-bond acceptors (Lipinski definition) is 7. The Morgan fingerprint density at radius 1 is 1.48 bits per heavy atom. The average Bonchev–Trinajstić information content (AvgIpc) is 3.01. The van der Waals surface area contributed by atoms with Gasteiger partial charge in [0, 0.05) is 31.2 Å². The highest BCUT2D eigenvalue weighted by Crippen LogP contribution is 2.42. The lowest BCUT2D eigenvalue weighted by atomic mass is 10.1. The summed E-state index contributed by atoms with van der Waals surface area (Å²) < 4.78 is 23.5. The molecule has 2 aliphatic heterocycles. The summed E-state index contributed by atoms with van der Waals surface area (Å²) in [6.07, 6.45) is -1.40. The molecule has 11 heteroatoms. The van der Waals surface area contributed by atoms with Crippen molar-refractivity contribution in [2.75, 3.05) is 13.7 Å². The number of fused-ring (bicyclic) bond motifs is 1. The molecule has 2 saturated heterocycles. The first kappa shape index (κ1) is 15.7. The third kappa shape index (κ3) is 2.76. The van der Waals surface area contributed by atoms with E-state index in [0.717, 1.165) is 0 Å². The molecule has 0 saturated carbocycles. The van der Waals surface area contributed by atoms with Gasteiger partial charge in [0.15, 0.2) is 6.23 Å². The zero-order chi connectivity index (χ0) is 16.6. The number of methoxy groups -OCH3 is 1. The van der Waals surface area contributed by atoms with Crippen LogP contribution in [0.4, 0.5) is 0 Å². The van der Waals surface area contributed by atoms with Crippen molar-refractivity contribution in [2.24, 2.45) is 5.11 Å². The van der Waals surface area contributed by atoms with E-state index in [-0.39, 0.29) is 6.54 Å². The monoisotopic (exact) mass is 325 g/mol. The Balaban J connectivity index is 1.96. The van der Waals surface area contributed by atoms with Gasteiger partial charge in [-0.25, -0.2) is 4.79 Å². The fourth-order valence-corrected chi connectivity index (χ4v) is 2.71. The van der Waals surface area contributed by atoms with Gasteiger partial charge in [-0.2, -0.15) is 0 Å². The fraction of sp³-hybridized carbons (Fsp3) is 0.667. The molecule has 0 aliphatic carbocycles. The summed E-state index contributed by atoms with van der Waals surface area (Å²) in [6, 6.07) is 1.20. The molecule has 1 unspecified atom stereocenters. The molecule has 124 valence electrons. The minimum Gasteiger partial charge on any atom is -0.349 e. The molecule has 0 bridgehead atoms. The first-order chi connectivity index (χ1) is 11.0. The topological polar surface area (TPSA) is 141 Å². The van der Waals surface area contributed by atoms with E-state index < -0.39 is 41.8 Å². The summed E-state index contributed by atoms with van der Waals surface area (Å²) in [5, 5.41) is 3.49. The quantitative estimate of drug-likeness (QED) is 0.463. The maximum atomic E-state index is 12.0. The molecule has 3 rings (SSSR count). The number of aromatic nitrogens is 2. The first-order valence-electron chi connectivity index (χ1n) is 6.86. The van der Waals surface area contributed by atoms with Gasteiger partial charge in [0.05, 0.1) is 12.6 Å². The van der Waals surface area contributed by atoms with Crippen molar-refractivity contribution in [3.8, 4) is 0 Å². The Bertz CT molecular complexity index is 755. The first-order valence-corrected chi connectivity index (χ1v) is 6.86. The fourth-order valence-electron chi connectivity index (χ4n) is 2.71. The van der Waals surface area contributed by atoms with Crippen LogP contribution in [-0.4, -0.2) is 47.5 Å². The zero-order valence-corrected chi connectivity index (χ0v) is 12.4. The number of nitrogens with zero attached hydrogens (tertiary/aromatic N) is 4. The summed E-state index contributed by atoms with van der Waals surface area (Å²) in [7, 11) is 1.42. The van der Waals surface area contributed by atoms with Gasteiger partial charge in [-0.15, -0.1) is 0 Å². The van der Waals surface area contributed by atoms with Gasteiger partial charge in [-0.3, -0.25) is 14.3 Å². The Kier molecular flexibility index (Phi) is 3.96. The van der Waals surface area contributed by atoms with Crippen molar-refractivity contribution in [3.63, 3.8) is 0 Å². The lowest BCUT2D eigenvalue weighted by Gasteiger charge is -2.26. The molecule has 0 radical (unpaired) electrons. The predicted molar refractivity (Wildman–Crippen MR) is 74.4 cm³/mol. The average molecular weight is 325 g/mol. The molecule has 23 heavy (non-hydrogen) atoms. The van der Waals surface area contributed by atoms with Gasteiger partial charge in [0.2, 0.25) is 0 Å². The summed E-state index contributed by atoms with van der Waals surface area (Å²) in [5.74, 6) is -1.29. The van der Waals surface area contributed by atoms with Crippen molar-refractivity contribution in [3.05, 3.63) is 43.5 Å². The molecule has 2 fully saturated rings. The highest BCUT2D eigenvalue weighted by molar-refractivity contribution is 4.98. The van der Waals surface area contributed by atoms with Crippen LogP contribution in [0.25, 0.3) is 10.4 Å². The van der Waals surface area contributed by atoms with Crippen LogP contribution < -0.4 is 11.2 Å². The molecule has 11 nitrogen and oxygen atoms in total. The largest absolute Gasteiger partial charge is 0.349 e. The van der Waals surface area contributed by atoms with Gasteiger partial charge in [0.25, 0.3) is 11.5 Å². The van der Waals surface area contributed by atoms with Crippen LogP contribution in [0.15, 0.2) is 27.0 Å². The third-order valence-electron chi connectivity index (χ3n) is 3.81. The minimum atomic E-state index is -1.29. The van der Waals surface area contributed by atoms with Crippen LogP contribution in [0.3, 0.4) is 0 Å². The third-order valence-corrected chi connectivity index (χ3v) is 3.81. The summed E-state index contributed by atoms with van der Waals surface area (Å²) in [4.78, 5) is 28.0. The highest BCUT2D eigenvalue weighted by Gasteiger charge is 2.57. The van der Waals surface area contributed by atoms with Crippen LogP contribution in [0.1, 0.15) is 13.2 Å². The van der Waals surface area contributed by atoms with Crippen LogP contribution in [0, 0.1) is 0 Å². The second-order valence-corrected chi connectivity index (χ2v) is 5.23. The number of H-pyrrole nitrogens is 1. The zero-order valence-electron chi connectivity index (χ0n) is 12.4. The van der Waals surface area contributed by atoms with E-state index in [1.54, 1.807) is 6.92 Å². The SMILES string of the molecule is COC1(C)O[C@@H]2[C@H](O1)[C@@H](CN=[N+]=[N-])O[C@H]2n1ccc(=O)[nH]c1=O. The molecule has 2 aliphatic rings. The van der Waals surface area contributed by atoms with Crippen molar-refractivity contribution in [1.82, 2.24) is 9.55 Å². The lowest BCUT2D eigenvalue weighted by Crippen LogP contribution is -2.37. The number of azide groups is 1. The van der Waals surface area contributed by atoms with Crippen molar-refractivity contribution in [1.29, 1.82) is 0 Å².